The standard InChI is InChI=1S/C21H29N3O3/c1-4-5-16-6-8-17(9-7-16)21(26)22-19-10-11-24(13-20(19)25)12-18-14(2)23-27-15(18)3/h6-9,19-20,25H,4-5,10-13H2,1-3H3,(H,22,26)/t19-,20-/m1/s1. The van der Waals surface area contributed by atoms with Crippen LogP contribution in [0.25, 0.3) is 0 Å². The van der Waals surface area contributed by atoms with Gasteiger partial charge >= 0.3 is 0 Å². The van der Waals surface area contributed by atoms with Crippen molar-refractivity contribution in [2.45, 2.75) is 58.7 Å². The summed E-state index contributed by atoms with van der Waals surface area (Å²) in [6.07, 6.45) is 2.22. The number of piperidine rings is 1. The molecule has 0 unspecified atom stereocenters. The van der Waals surface area contributed by atoms with Gasteiger partial charge in [0.2, 0.25) is 0 Å². The first kappa shape index (κ1) is 19.6. The summed E-state index contributed by atoms with van der Waals surface area (Å²) in [7, 11) is 0. The largest absolute Gasteiger partial charge is 0.390 e. The maximum absolute atomic E-state index is 12.5. The summed E-state index contributed by atoms with van der Waals surface area (Å²) >= 11 is 0. The molecule has 27 heavy (non-hydrogen) atoms. The van der Waals surface area contributed by atoms with Crippen LogP contribution in [-0.2, 0) is 13.0 Å². The van der Waals surface area contributed by atoms with Crippen molar-refractivity contribution in [1.82, 2.24) is 15.4 Å². The van der Waals surface area contributed by atoms with E-state index in [9.17, 15) is 9.90 Å². The predicted molar refractivity (Wildman–Crippen MR) is 104 cm³/mol. The number of aryl methyl sites for hydroxylation is 3. The normalized spacial score (nSPS) is 20.6. The zero-order valence-corrected chi connectivity index (χ0v) is 16.4. The lowest BCUT2D eigenvalue weighted by Gasteiger charge is -2.36. The highest BCUT2D eigenvalue weighted by molar-refractivity contribution is 5.94. The second kappa shape index (κ2) is 8.67. The first-order chi connectivity index (χ1) is 13.0. The van der Waals surface area contributed by atoms with E-state index in [0.29, 0.717) is 25.1 Å². The molecule has 6 nitrogen and oxygen atoms in total. The number of nitrogens with zero attached hydrogens (tertiary/aromatic N) is 2. The molecule has 3 rings (SSSR count). The number of carbonyl (C=O) groups is 1. The summed E-state index contributed by atoms with van der Waals surface area (Å²) in [5.74, 6) is 0.699. The van der Waals surface area contributed by atoms with Crippen molar-refractivity contribution in [2.24, 2.45) is 0 Å². The van der Waals surface area contributed by atoms with Crippen LogP contribution in [0.15, 0.2) is 28.8 Å². The van der Waals surface area contributed by atoms with Crippen molar-refractivity contribution in [3.63, 3.8) is 0 Å². The number of carbonyl (C=O) groups excluding carboxylic acids is 1. The fraction of sp³-hybridized carbons (Fsp3) is 0.524. The molecule has 146 valence electrons. The van der Waals surface area contributed by atoms with Gasteiger partial charge in [-0.05, 0) is 44.4 Å². The first-order valence-corrected chi connectivity index (χ1v) is 9.70. The fourth-order valence-electron chi connectivity index (χ4n) is 3.62. The fourth-order valence-corrected chi connectivity index (χ4v) is 3.62. The third kappa shape index (κ3) is 4.76. The van der Waals surface area contributed by atoms with Crippen molar-refractivity contribution in [3.8, 4) is 0 Å². The number of nitrogens with one attached hydrogen (secondary N) is 1. The van der Waals surface area contributed by atoms with Crippen LogP contribution < -0.4 is 5.32 Å². The maximum Gasteiger partial charge on any atom is 0.251 e. The van der Waals surface area contributed by atoms with Crippen LogP contribution in [0.5, 0.6) is 0 Å². The highest BCUT2D eigenvalue weighted by Crippen LogP contribution is 2.19. The van der Waals surface area contributed by atoms with Crippen LogP contribution in [-0.4, -0.2) is 46.3 Å². The van der Waals surface area contributed by atoms with E-state index in [1.54, 1.807) is 0 Å². The molecule has 1 fully saturated rings. The van der Waals surface area contributed by atoms with Crippen molar-refractivity contribution < 1.29 is 14.4 Å². The minimum absolute atomic E-state index is 0.124. The van der Waals surface area contributed by atoms with Crippen LogP contribution in [0.3, 0.4) is 0 Å². The van der Waals surface area contributed by atoms with Crippen molar-refractivity contribution in [2.75, 3.05) is 13.1 Å². The summed E-state index contributed by atoms with van der Waals surface area (Å²) in [4.78, 5) is 14.7. The molecule has 0 bridgehead atoms. The minimum atomic E-state index is -0.595. The van der Waals surface area contributed by atoms with Gasteiger partial charge in [-0.2, -0.15) is 0 Å². The summed E-state index contributed by atoms with van der Waals surface area (Å²) in [6, 6.07) is 7.49. The molecule has 1 saturated heterocycles. The van der Waals surface area contributed by atoms with Crippen molar-refractivity contribution in [1.29, 1.82) is 0 Å². The lowest BCUT2D eigenvalue weighted by Crippen LogP contribution is -2.53. The number of aliphatic hydroxyl groups excluding tert-OH is 1. The van der Waals surface area contributed by atoms with Crippen LogP contribution in [0, 0.1) is 13.8 Å². The van der Waals surface area contributed by atoms with Gasteiger partial charge in [-0.15, -0.1) is 0 Å². The highest BCUT2D eigenvalue weighted by atomic mass is 16.5. The third-order valence-electron chi connectivity index (χ3n) is 5.30. The van der Waals surface area contributed by atoms with E-state index in [0.717, 1.165) is 36.4 Å². The van der Waals surface area contributed by atoms with Gasteiger partial charge in [0.25, 0.3) is 5.91 Å². The Bertz CT molecular complexity index is 750. The van der Waals surface area contributed by atoms with Gasteiger partial charge < -0.3 is 14.9 Å². The average Bonchev–Trinajstić information content (AvgIpc) is 2.97. The molecular formula is C21H29N3O3. The van der Waals surface area contributed by atoms with E-state index >= 15 is 0 Å². The predicted octanol–water partition coefficient (Wildman–Crippen LogP) is 2.61. The SMILES string of the molecule is CCCc1ccc(C(=O)N[C@@H]2CCN(Cc3c(C)noc3C)C[C@H]2O)cc1. The van der Waals surface area contributed by atoms with E-state index in [2.05, 4.69) is 22.3 Å². The summed E-state index contributed by atoms with van der Waals surface area (Å²) in [6.45, 7) is 8.01. The Labute approximate surface area is 160 Å². The molecule has 2 N–H and O–H groups in total. The number of benzene rings is 1. The Kier molecular flexibility index (Phi) is 6.29. The zero-order valence-electron chi connectivity index (χ0n) is 16.4. The van der Waals surface area contributed by atoms with Gasteiger partial charge in [0.05, 0.1) is 17.8 Å². The lowest BCUT2D eigenvalue weighted by atomic mass is 10.00. The van der Waals surface area contributed by atoms with Gasteiger partial charge in [-0.3, -0.25) is 9.69 Å². The van der Waals surface area contributed by atoms with Crippen LogP contribution in [0.1, 0.15) is 52.7 Å². The van der Waals surface area contributed by atoms with E-state index in [1.165, 1.54) is 5.56 Å². The Balaban J connectivity index is 1.54. The zero-order chi connectivity index (χ0) is 19.4. The second-order valence-electron chi connectivity index (χ2n) is 7.42. The number of rotatable bonds is 6. The van der Waals surface area contributed by atoms with Gasteiger partial charge in [-0.1, -0.05) is 30.6 Å². The Morgan fingerprint density at radius 3 is 2.67 bits per heavy atom. The number of amides is 1. The van der Waals surface area contributed by atoms with E-state index < -0.39 is 6.10 Å². The average molecular weight is 371 g/mol. The monoisotopic (exact) mass is 371 g/mol. The summed E-state index contributed by atoms with van der Waals surface area (Å²) < 4.78 is 5.21. The molecule has 0 saturated carbocycles. The molecule has 0 spiro atoms. The summed E-state index contributed by atoms with van der Waals surface area (Å²) in [5, 5.41) is 17.5. The van der Waals surface area contributed by atoms with E-state index in [-0.39, 0.29) is 11.9 Å². The van der Waals surface area contributed by atoms with Gasteiger partial charge in [0, 0.05) is 30.8 Å². The molecule has 2 aromatic rings. The number of hydrogen-bond donors (Lipinski definition) is 2. The minimum Gasteiger partial charge on any atom is -0.390 e. The molecule has 1 aromatic heterocycles. The number of likely N-dealkylation sites (tertiary alicyclic amines) is 1. The second-order valence-corrected chi connectivity index (χ2v) is 7.42. The first-order valence-electron chi connectivity index (χ1n) is 9.70. The van der Waals surface area contributed by atoms with Crippen LogP contribution >= 0.6 is 0 Å². The third-order valence-corrected chi connectivity index (χ3v) is 5.30. The van der Waals surface area contributed by atoms with Crippen molar-refractivity contribution in [3.05, 3.63) is 52.4 Å². The lowest BCUT2D eigenvalue weighted by molar-refractivity contribution is 0.0347. The molecule has 1 aromatic carbocycles. The van der Waals surface area contributed by atoms with E-state index in [1.807, 2.05) is 38.1 Å². The smallest absolute Gasteiger partial charge is 0.251 e. The molecular weight excluding hydrogens is 342 g/mol. The summed E-state index contributed by atoms with van der Waals surface area (Å²) in [5.41, 5.74) is 3.85. The van der Waals surface area contributed by atoms with Crippen LogP contribution in [0.4, 0.5) is 0 Å². The van der Waals surface area contributed by atoms with Gasteiger partial charge in [-0.25, -0.2) is 0 Å². The molecule has 1 aliphatic heterocycles. The highest BCUT2D eigenvalue weighted by Gasteiger charge is 2.30. The molecule has 0 aliphatic carbocycles. The Hall–Kier alpha value is -2.18. The molecule has 0 radical (unpaired) electrons. The number of aromatic nitrogens is 1. The van der Waals surface area contributed by atoms with Gasteiger partial charge in [0.1, 0.15) is 5.76 Å². The van der Waals surface area contributed by atoms with Gasteiger partial charge in [0.15, 0.2) is 0 Å². The quantitative estimate of drug-likeness (QED) is 0.816. The number of aliphatic hydroxyl groups is 1. The Morgan fingerprint density at radius 1 is 1.33 bits per heavy atom. The molecule has 1 aliphatic rings. The molecule has 1 amide bonds. The maximum atomic E-state index is 12.5. The van der Waals surface area contributed by atoms with E-state index in [4.69, 9.17) is 4.52 Å². The Morgan fingerprint density at radius 2 is 2.07 bits per heavy atom. The number of β-amino-alcohol motifs (C(OH)–C–C–N with tert-alkyl or cyclic N) is 1. The topological polar surface area (TPSA) is 78.6 Å². The van der Waals surface area contributed by atoms with Crippen molar-refractivity contribution >= 4 is 5.91 Å². The van der Waals surface area contributed by atoms with Crippen LogP contribution in [0.2, 0.25) is 0 Å². The number of hydrogen-bond acceptors (Lipinski definition) is 5. The molecule has 6 heteroatoms. The molecule has 2 heterocycles. The molecule has 2 atom stereocenters.